The minimum Gasteiger partial charge on any atom is -0.444 e. The van der Waals surface area contributed by atoms with E-state index in [2.05, 4.69) is 15.6 Å². The van der Waals surface area contributed by atoms with Gasteiger partial charge >= 0.3 is 6.09 Å². The largest absolute Gasteiger partial charge is 0.444 e. The predicted molar refractivity (Wildman–Crippen MR) is 78.9 cm³/mol. The Morgan fingerprint density at radius 2 is 2.00 bits per heavy atom. The Hall–Kier alpha value is -2.05. The van der Waals surface area contributed by atoms with Gasteiger partial charge in [-0.15, -0.1) is 0 Å². The molecule has 1 aromatic rings. The summed E-state index contributed by atoms with van der Waals surface area (Å²) >= 11 is 0. The lowest BCUT2D eigenvalue weighted by molar-refractivity contribution is -0.118. The van der Waals surface area contributed by atoms with Gasteiger partial charge in [0, 0.05) is 44.9 Å². The molecule has 2 amide bonds. The van der Waals surface area contributed by atoms with Gasteiger partial charge in [0.25, 0.3) is 0 Å². The molecule has 0 saturated heterocycles. The molecule has 0 aliphatic rings. The zero-order chi connectivity index (χ0) is 15.9. The molecule has 1 aromatic heterocycles. The second-order valence-electron chi connectivity index (χ2n) is 5.74. The molecule has 0 bridgehead atoms. The average molecular weight is 296 g/mol. The summed E-state index contributed by atoms with van der Waals surface area (Å²) in [6.07, 6.45) is 3.70. The Kier molecular flexibility index (Phi) is 6.20. The molecule has 0 aliphatic carbocycles. The molecular formula is C14H24N4O3. The molecule has 1 heterocycles. The Balaban J connectivity index is 2.34. The first kappa shape index (κ1) is 17.0. The van der Waals surface area contributed by atoms with Crippen molar-refractivity contribution in [2.24, 2.45) is 0 Å². The number of aromatic nitrogens is 2. The smallest absolute Gasteiger partial charge is 0.407 e. The van der Waals surface area contributed by atoms with Crippen LogP contribution in [-0.2, 0) is 22.5 Å². The maximum Gasteiger partial charge on any atom is 0.407 e. The van der Waals surface area contributed by atoms with E-state index in [-0.39, 0.29) is 5.91 Å². The molecule has 0 atom stereocenters. The molecule has 0 aliphatic heterocycles. The van der Waals surface area contributed by atoms with Gasteiger partial charge in [0.1, 0.15) is 5.60 Å². The van der Waals surface area contributed by atoms with Crippen LogP contribution in [0, 0.1) is 0 Å². The van der Waals surface area contributed by atoms with Gasteiger partial charge in [0.15, 0.2) is 0 Å². The highest BCUT2D eigenvalue weighted by Crippen LogP contribution is 2.06. The second kappa shape index (κ2) is 7.66. The molecule has 21 heavy (non-hydrogen) atoms. The summed E-state index contributed by atoms with van der Waals surface area (Å²) in [6, 6.07) is 0. The van der Waals surface area contributed by atoms with Crippen molar-refractivity contribution in [3.63, 3.8) is 0 Å². The van der Waals surface area contributed by atoms with Crippen LogP contribution in [0.25, 0.3) is 0 Å². The molecule has 0 radical (unpaired) electrons. The zero-order valence-electron chi connectivity index (χ0n) is 13.1. The minimum absolute atomic E-state index is 0.0525. The van der Waals surface area contributed by atoms with Crippen LogP contribution in [-0.4, -0.2) is 40.2 Å². The maximum absolute atomic E-state index is 11.5. The SMILES string of the molecule is CC(=O)NCCn1cncc1CCNC(=O)OC(C)(C)C. The number of amides is 2. The van der Waals surface area contributed by atoms with Crippen LogP contribution < -0.4 is 10.6 Å². The number of ether oxygens (including phenoxy) is 1. The van der Waals surface area contributed by atoms with Gasteiger partial charge < -0.3 is 19.9 Å². The normalized spacial score (nSPS) is 11.0. The van der Waals surface area contributed by atoms with Gasteiger partial charge in [-0.3, -0.25) is 4.79 Å². The standard InChI is InChI=1S/C14H24N4O3/c1-11(19)16-7-8-18-10-15-9-12(18)5-6-17-13(20)21-14(2,3)4/h9-10H,5-8H2,1-4H3,(H,16,19)(H,17,20). The van der Waals surface area contributed by atoms with E-state index in [4.69, 9.17) is 4.74 Å². The van der Waals surface area contributed by atoms with Crippen LogP contribution in [0.2, 0.25) is 0 Å². The van der Waals surface area contributed by atoms with Gasteiger partial charge in [-0.25, -0.2) is 9.78 Å². The van der Waals surface area contributed by atoms with Gasteiger partial charge in [-0.05, 0) is 20.8 Å². The lowest BCUT2D eigenvalue weighted by atomic mass is 10.2. The molecule has 118 valence electrons. The number of nitrogens with zero attached hydrogens (tertiary/aromatic N) is 2. The first-order chi connectivity index (χ1) is 9.78. The van der Waals surface area contributed by atoms with E-state index < -0.39 is 11.7 Å². The summed E-state index contributed by atoms with van der Waals surface area (Å²) in [5.74, 6) is -0.0525. The number of hydrogen-bond donors (Lipinski definition) is 2. The van der Waals surface area contributed by atoms with Gasteiger partial charge in [0.2, 0.25) is 5.91 Å². The van der Waals surface area contributed by atoms with Crippen LogP contribution in [0.4, 0.5) is 4.79 Å². The van der Waals surface area contributed by atoms with Gasteiger partial charge in [0.05, 0.1) is 6.33 Å². The lowest BCUT2D eigenvalue weighted by Gasteiger charge is -2.19. The second-order valence-corrected chi connectivity index (χ2v) is 5.74. The topological polar surface area (TPSA) is 85.3 Å². The third kappa shape index (κ3) is 7.34. The third-order valence-corrected chi connectivity index (χ3v) is 2.57. The van der Waals surface area contributed by atoms with Crippen LogP contribution in [0.1, 0.15) is 33.4 Å². The summed E-state index contributed by atoms with van der Waals surface area (Å²) < 4.78 is 7.11. The summed E-state index contributed by atoms with van der Waals surface area (Å²) in [7, 11) is 0. The maximum atomic E-state index is 11.5. The minimum atomic E-state index is -0.496. The third-order valence-electron chi connectivity index (χ3n) is 2.57. The highest BCUT2D eigenvalue weighted by molar-refractivity contribution is 5.72. The van der Waals surface area contributed by atoms with E-state index in [9.17, 15) is 9.59 Å². The van der Waals surface area contributed by atoms with E-state index in [0.717, 1.165) is 5.69 Å². The molecule has 0 unspecified atom stereocenters. The average Bonchev–Trinajstić information content (AvgIpc) is 2.74. The number of imidazole rings is 1. The van der Waals surface area contributed by atoms with Crippen molar-refractivity contribution in [2.75, 3.05) is 13.1 Å². The molecule has 7 heteroatoms. The van der Waals surface area contributed by atoms with Crippen molar-refractivity contribution in [1.29, 1.82) is 0 Å². The molecule has 0 fully saturated rings. The van der Waals surface area contributed by atoms with Crippen molar-refractivity contribution in [3.8, 4) is 0 Å². The fraction of sp³-hybridized carbons (Fsp3) is 0.643. The molecule has 0 saturated carbocycles. The summed E-state index contributed by atoms with van der Waals surface area (Å²) in [4.78, 5) is 26.4. The predicted octanol–water partition coefficient (Wildman–Crippen LogP) is 1.09. The lowest BCUT2D eigenvalue weighted by Crippen LogP contribution is -2.33. The van der Waals surface area contributed by atoms with Crippen molar-refractivity contribution in [3.05, 3.63) is 18.2 Å². The number of carbonyl (C=O) groups is 2. The Morgan fingerprint density at radius 3 is 2.62 bits per heavy atom. The van der Waals surface area contributed by atoms with Gasteiger partial charge in [-0.2, -0.15) is 0 Å². The van der Waals surface area contributed by atoms with Crippen LogP contribution in [0.15, 0.2) is 12.5 Å². The molecule has 2 N–H and O–H groups in total. The van der Waals surface area contributed by atoms with Crippen molar-refractivity contribution >= 4 is 12.0 Å². The number of nitrogens with one attached hydrogen (secondary N) is 2. The molecule has 1 rings (SSSR count). The van der Waals surface area contributed by atoms with Crippen molar-refractivity contribution in [1.82, 2.24) is 20.2 Å². The molecule has 7 nitrogen and oxygen atoms in total. The van der Waals surface area contributed by atoms with Crippen LogP contribution in [0.5, 0.6) is 0 Å². The van der Waals surface area contributed by atoms with Crippen LogP contribution >= 0.6 is 0 Å². The van der Waals surface area contributed by atoms with Crippen molar-refractivity contribution < 1.29 is 14.3 Å². The number of alkyl carbamates (subject to hydrolysis) is 1. The van der Waals surface area contributed by atoms with E-state index in [1.54, 1.807) is 12.5 Å². The number of hydrogen-bond acceptors (Lipinski definition) is 4. The molecule has 0 spiro atoms. The quantitative estimate of drug-likeness (QED) is 0.823. The van der Waals surface area contributed by atoms with E-state index in [0.29, 0.717) is 26.1 Å². The zero-order valence-corrected chi connectivity index (χ0v) is 13.1. The number of carbonyl (C=O) groups excluding carboxylic acids is 2. The first-order valence-corrected chi connectivity index (χ1v) is 6.98. The monoisotopic (exact) mass is 296 g/mol. The highest BCUT2D eigenvalue weighted by atomic mass is 16.6. The Bertz CT molecular complexity index is 477. The highest BCUT2D eigenvalue weighted by Gasteiger charge is 2.15. The van der Waals surface area contributed by atoms with E-state index in [1.165, 1.54) is 6.92 Å². The Labute approximate surface area is 125 Å². The fourth-order valence-corrected chi connectivity index (χ4v) is 1.72. The fourth-order valence-electron chi connectivity index (χ4n) is 1.72. The molecule has 0 aromatic carbocycles. The first-order valence-electron chi connectivity index (χ1n) is 6.98. The summed E-state index contributed by atoms with van der Waals surface area (Å²) in [5.41, 5.74) is 0.501. The van der Waals surface area contributed by atoms with E-state index in [1.807, 2.05) is 25.3 Å². The van der Waals surface area contributed by atoms with E-state index >= 15 is 0 Å². The van der Waals surface area contributed by atoms with Gasteiger partial charge in [-0.1, -0.05) is 0 Å². The number of rotatable bonds is 6. The van der Waals surface area contributed by atoms with Crippen LogP contribution in [0.3, 0.4) is 0 Å². The molecular weight excluding hydrogens is 272 g/mol. The Morgan fingerprint density at radius 1 is 1.29 bits per heavy atom. The van der Waals surface area contributed by atoms with Crippen molar-refractivity contribution in [2.45, 2.75) is 46.3 Å². The summed E-state index contributed by atoms with van der Waals surface area (Å²) in [6.45, 7) is 8.64. The summed E-state index contributed by atoms with van der Waals surface area (Å²) in [5, 5.41) is 5.44.